The lowest BCUT2D eigenvalue weighted by atomic mass is 10.2. The molecule has 25 heavy (non-hydrogen) atoms. The van der Waals surface area contributed by atoms with E-state index in [4.69, 9.17) is 0 Å². The van der Waals surface area contributed by atoms with Gasteiger partial charge in [0.15, 0.2) is 5.57 Å². The quantitative estimate of drug-likeness (QED) is 0.698. The zero-order valence-electron chi connectivity index (χ0n) is 13.0. The predicted octanol–water partition coefficient (Wildman–Crippen LogP) is 2.43. The van der Waals surface area contributed by atoms with Gasteiger partial charge in [-0.05, 0) is 42.1 Å². The molecule has 3 rings (SSSR count). The van der Waals surface area contributed by atoms with Crippen molar-refractivity contribution in [3.8, 4) is 17.8 Å². The van der Waals surface area contributed by atoms with E-state index in [0.29, 0.717) is 10.1 Å². The molecule has 0 spiro atoms. The first-order valence-electron chi connectivity index (χ1n) is 7.13. The molecule has 0 aliphatic rings. The van der Waals surface area contributed by atoms with E-state index >= 15 is 0 Å². The van der Waals surface area contributed by atoms with E-state index in [9.17, 15) is 19.7 Å². The van der Waals surface area contributed by atoms with Gasteiger partial charge >= 0.3 is 0 Å². The molecule has 1 aromatic carbocycles. The Kier molecular flexibility index (Phi) is 4.62. The summed E-state index contributed by atoms with van der Waals surface area (Å²) in [5.74, 6) is -0.458. The van der Waals surface area contributed by atoms with E-state index in [2.05, 4.69) is 0 Å². The fraction of sp³-hybridized carbons (Fsp3) is 0.0556. The van der Waals surface area contributed by atoms with E-state index in [1.807, 2.05) is 17.5 Å². The maximum absolute atomic E-state index is 14.0. The van der Waals surface area contributed by atoms with Crippen LogP contribution in [0.15, 0.2) is 40.5 Å². The van der Waals surface area contributed by atoms with Gasteiger partial charge in [0.25, 0.3) is 5.56 Å². The summed E-state index contributed by atoms with van der Waals surface area (Å²) in [6, 6.07) is 11.7. The van der Waals surface area contributed by atoms with Crippen LogP contribution in [0.25, 0.3) is 17.3 Å². The molecule has 0 N–H and O–H groups in total. The Balaban J connectivity index is 2.42. The SMILES string of the molecule is Cc1ccc(-n2c(=C(C#N)C#N)s/c(=C/c3cccs3)c2=O)cc1F. The van der Waals surface area contributed by atoms with Crippen LogP contribution >= 0.6 is 22.7 Å². The third-order valence-electron chi connectivity index (χ3n) is 3.49. The van der Waals surface area contributed by atoms with Crippen LogP contribution in [0.2, 0.25) is 0 Å². The van der Waals surface area contributed by atoms with Crippen molar-refractivity contribution in [2.75, 3.05) is 0 Å². The van der Waals surface area contributed by atoms with Crippen molar-refractivity contribution in [1.29, 1.82) is 10.5 Å². The van der Waals surface area contributed by atoms with E-state index in [0.717, 1.165) is 16.2 Å². The number of rotatable bonds is 2. The van der Waals surface area contributed by atoms with Gasteiger partial charge in [-0.15, -0.1) is 22.7 Å². The standard InChI is InChI=1S/C18H10FN3OS2/c1-11-4-5-13(7-15(11)19)22-17(23)16(8-14-3-2-6-24-14)25-18(22)12(9-20)10-21/h2-8H,1H3/b16-8+. The minimum atomic E-state index is -0.458. The monoisotopic (exact) mass is 367 g/mol. The minimum Gasteiger partial charge on any atom is -0.267 e. The average Bonchev–Trinajstić information content (AvgIpc) is 3.21. The van der Waals surface area contributed by atoms with Crippen LogP contribution in [-0.2, 0) is 0 Å². The Morgan fingerprint density at radius 1 is 1.28 bits per heavy atom. The summed E-state index contributed by atoms with van der Waals surface area (Å²) in [6.07, 6.45) is 1.70. The minimum absolute atomic E-state index is 0.186. The van der Waals surface area contributed by atoms with Crippen LogP contribution in [0, 0.1) is 35.4 Å². The molecule has 0 bridgehead atoms. The highest BCUT2D eigenvalue weighted by molar-refractivity contribution is 7.11. The summed E-state index contributed by atoms with van der Waals surface area (Å²) in [5.41, 5.74) is 0.158. The molecule has 0 saturated carbocycles. The Bertz CT molecular complexity index is 1190. The van der Waals surface area contributed by atoms with E-state index in [-0.39, 0.29) is 21.5 Å². The molecule has 2 heterocycles. The van der Waals surface area contributed by atoms with Crippen LogP contribution in [0.4, 0.5) is 4.39 Å². The maximum Gasteiger partial charge on any atom is 0.273 e. The number of aryl methyl sites for hydroxylation is 1. The molecule has 0 fully saturated rings. The second-order valence-corrected chi connectivity index (χ2v) is 7.11. The van der Waals surface area contributed by atoms with Gasteiger partial charge in [0.2, 0.25) is 0 Å². The lowest BCUT2D eigenvalue weighted by molar-refractivity contribution is 0.617. The summed E-state index contributed by atoms with van der Waals surface area (Å²) in [4.78, 5) is 13.7. The average molecular weight is 367 g/mol. The molecule has 0 aliphatic heterocycles. The Morgan fingerprint density at radius 2 is 2.04 bits per heavy atom. The normalized spacial score (nSPS) is 11.1. The first-order chi connectivity index (χ1) is 12.0. The van der Waals surface area contributed by atoms with E-state index in [1.54, 1.807) is 37.3 Å². The molecular formula is C18H10FN3OS2. The van der Waals surface area contributed by atoms with Crippen LogP contribution in [0.5, 0.6) is 0 Å². The van der Waals surface area contributed by atoms with Crippen molar-refractivity contribution in [3.63, 3.8) is 0 Å². The summed E-state index contributed by atoms with van der Waals surface area (Å²) in [6.45, 7) is 1.62. The Labute approximate surface area is 150 Å². The van der Waals surface area contributed by atoms with Gasteiger partial charge in [-0.2, -0.15) is 10.5 Å². The third kappa shape index (κ3) is 3.16. The molecule has 7 heteroatoms. The molecule has 0 radical (unpaired) electrons. The maximum atomic E-state index is 14.0. The van der Waals surface area contributed by atoms with Crippen LogP contribution in [0.3, 0.4) is 0 Å². The second kappa shape index (κ2) is 6.86. The largest absolute Gasteiger partial charge is 0.273 e. The second-order valence-electron chi connectivity index (χ2n) is 5.10. The fourth-order valence-electron chi connectivity index (χ4n) is 2.23. The van der Waals surface area contributed by atoms with Gasteiger partial charge in [-0.1, -0.05) is 12.1 Å². The molecule has 4 nitrogen and oxygen atoms in total. The molecule has 0 amide bonds. The summed E-state index contributed by atoms with van der Waals surface area (Å²) >= 11 is 2.51. The lowest BCUT2D eigenvalue weighted by Gasteiger charge is -2.04. The molecule has 0 unspecified atom stereocenters. The summed E-state index contributed by atoms with van der Waals surface area (Å²) < 4.78 is 15.7. The van der Waals surface area contributed by atoms with E-state index < -0.39 is 5.82 Å². The Morgan fingerprint density at radius 3 is 2.64 bits per heavy atom. The van der Waals surface area contributed by atoms with Gasteiger partial charge in [0.05, 0.1) is 10.2 Å². The zero-order chi connectivity index (χ0) is 18.0. The molecule has 122 valence electrons. The number of aromatic nitrogens is 1. The van der Waals surface area contributed by atoms with Crippen LogP contribution in [0.1, 0.15) is 10.4 Å². The van der Waals surface area contributed by atoms with Crippen LogP contribution in [-0.4, -0.2) is 4.57 Å². The highest BCUT2D eigenvalue weighted by atomic mass is 32.1. The van der Waals surface area contributed by atoms with Crippen molar-refractivity contribution in [2.45, 2.75) is 6.92 Å². The topological polar surface area (TPSA) is 69.6 Å². The van der Waals surface area contributed by atoms with E-state index in [1.165, 1.54) is 22.0 Å². The van der Waals surface area contributed by atoms with Gasteiger partial charge < -0.3 is 0 Å². The number of hydrogen-bond donors (Lipinski definition) is 0. The molecule has 0 aliphatic carbocycles. The van der Waals surface area contributed by atoms with Gasteiger partial charge in [-0.25, -0.2) is 4.39 Å². The van der Waals surface area contributed by atoms with Crippen molar-refractivity contribution in [1.82, 2.24) is 4.57 Å². The number of thiophene rings is 1. The lowest BCUT2D eigenvalue weighted by Crippen LogP contribution is -2.30. The van der Waals surface area contributed by atoms with Gasteiger partial charge in [-0.3, -0.25) is 9.36 Å². The van der Waals surface area contributed by atoms with Crippen molar-refractivity contribution in [2.24, 2.45) is 0 Å². The fourth-order valence-corrected chi connectivity index (χ4v) is 4.01. The molecule has 0 atom stereocenters. The zero-order valence-corrected chi connectivity index (χ0v) is 14.6. The summed E-state index contributed by atoms with van der Waals surface area (Å²) in [7, 11) is 0. The highest BCUT2D eigenvalue weighted by Gasteiger charge is 2.12. The number of nitriles is 2. The van der Waals surface area contributed by atoms with Crippen molar-refractivity contribution >= 4 is 34.3 Å². The van der Waals surface area contributed by atoms with Crippen LogP contribution < -0.4 is 14.8 Å². The smallest absolute Gasteiger partial charge is 0.267 e. The molecule has 2 aromatic heterocycles. The van der Waals surface area contributed by atoms with Crippen molar-refractivity contribution < 1.29 is 4.39 Å². The highest BCUT2D eigenvalue weighted by Crippen LogP contribution is 2.12. The van der Waals surface area contributed by atoms with Crippen molar-refractivity contribution in [3.05, 3.63) is 71.5 Å². The first-order valence-corrected chi connectivity index (χ1v) is 8.83. The molecular weight excluding hydrogens is 357 g/mol. The molecule has 3 aromatic rings. The number of halogens is 1. The number of hydrogen-bond acceptors (Lipinski definition) is 5. The summed E-state index contributed by atoms with van der Waals surface area (Å²) in [5, 5.41) is 20.3. The van der Waals surface area contributed by atoms with Gasteiger partial charge in [0.1, 0.15) is 22.6 Å². The number of thiazole rings is 1. The Hall–Kier alpha value is -3.00. The van der Waals surface area contributed by atoms with Gasteiger partial charge in [0, 0.05) is 4.88 Å². The third-order valence-corrected chi connectivity index (χ3v) is 5.40. The predicted molar refractivity (Wildman–Crippen MR) is 96.4 cm³/mol. The number of nitrogens with zero attached hydrogens (tertiary/aromatic N) is 3. The number of benzene rings is 1. The molecule has 0 saturated heterocycles. The first kappa shape index (κ1) is 16.8.